The van der Waals surface area contributed by atoms with Crippen LogP contribution in [-0.4, -0.2) is 66.1 Å². The maximum absolute atomic E-state index is 11.0. The third kappa shape index (κ3) is 8.43. The Morgan fingerprint density at radius 2 is 1.76 bits per heavy atom. The van der Waals surface area contributed by atoms with Gasteiger partial charge in [0.15, 0.2) is 6.10 Å². The van der Waals surface area contributed by atoms with Crippen LogP contribution >= 0.6 is 0 Å². The summed E-state index contributed by atoms with van der Waals surface area (Å²) >= 11 is 0. The zero-order valence-corrected chi connectivity index (χ0v) is 9.37. The van der Waals surface area contributed by atoms with E-state index in [0.29, 0.717) is 0 Å². The molecular weight excluding hydrogens is 236 g/mol. The van der Waals surface area contributed by atoms with Crippen molar-refractivity contribution in [3.05, 3.63) is 0 Å². The third-order valence-corrected chi connectivity index (χ3v) is 1.54. The maximum Gasteiger partial charge on any atom is 0.508 e. The van der Waals surface area contributed by atoms with Crippen molar-refractivity contribution in [2.75, 3.05) is 26.4 Å². The fourth-order valence-electron chi connectivity index (χ4n) is 0.721. The lowest BCUT2D eigenvalue weighted by molar-refractivity contribution is -0.145. The van der Waals surface area contributed by atoms with E-state index >= 15 is 0 Å². The lowest BCUT2D eigenvalue weighted by Crippen LogP contribution is -2.30. The van der Waals surface area contributed by atoms with E-state index in [2.05, 4.69) is 14.2 Å². The van der Waals surface area contributed by atoms with Gasteiger partial charge in [0.2, 0.25) is 0 Å². The van der Waals surface area contributed by atoms with Gasteiger partial charge in [-0.2, -0.15) is 0 Å². The molecule has 0 aromatic rings. The summed E-state index contributed by atoms with van der Waals surface area (Å²) in [4.78, 5) is 21.5. The van der Waals surface area contributed by atoms with Crippen molar-refractivity contribution in [3.63, 3.8) is 0 Å². The molecule has 0 saturated heterocycles. The normalized spacial score (nSPS) is 13.6. The van der Waals surface area contributed by atoms with Gasteiger partial charge in [0, 0.05) is 6.92 Å². The fourth-order valence-corrected chi connectivity index (χ4v) is 0.721. The monoisotopic (exact) mass is 252 g/mol. The van der Waals surface area contributed by atoms with Crippen LogP contribution < -0.4 is 0 Å². The lowest BCUT2D eigenvalue weighted by Gasteiger charge is -2.15. The van der Waals surface area contributed by atoms with Crippen molar-refractivity contribution in [1.82, 2.24) is 0 Å². The molecule has 0 aliphatic carbocycles. The molecule has 0 aromatic carbocycles. The Balaban J connectivity index is 3.85. The number of hydrogen-bond acceptors (Lipinski definition) is 8. The van der Waals surface area contributed by atoms with Crippen molar-refractivity contribution in [1.29, 1.82) is 0 Å². The summed E-state index contributed by atoms with van der Waals surface area (Å²) in [7, 11) is 0. The van der Waals surface area contributed by atoms with Crippen molar-refractivity contribution < 1.29 is 39.1 Å². The summed E-state index contributed by atoms with van der Waals surface area (Å²) < 4.78 is 13.5. The topological polar surface area (TPSA) is 123 Å². The van der Waals surface area contributed by atoms with Crippen LogP contribution in [0.4, 0.5) is 4.79 Å². The average Bonchev–Trinajstić information content (AvgIpc) is 2.30. The van der Waals surface area contributed by atoms with Crippen LogP contribution in [0.15, 0.2) is 0 Å². The van der Waals surface area contributed by atoms with E-state index in [9.17, 15) is 9.59 Å². The highest BCUT2D eigenvalue weighted by Gasteiger charge is 2.17. The third-order valence-electron chi connectivity index (χ3n) is 1.54. The van der Waals surface area contributed by atoms with Gasteiger partial charge in [-0.3, -0.25) is 4.79 Å². The summed E-state index contributed by atoms with van der Waals surface area (Å²) in [6, 6.07) is 0. The van der Waals surface area contributed by atoms with E-state index < -0.39 is 44.2 Å². The summed E-state index contributed by atoms with van der Waals surface area (Å²) in [6.45, 7) is -0.635. The second kappa shape index (κ2) is 8.74. The number of esters is 1. The predicted molar refractivity (Wildman–Crippen MR) is 53.0 cm³/mol. The first-order valence-electron chi connectivity index (χ1n) is 4.86. The van der Waals surface area contributed by atoms with Gasteiger partial charge in [0.1, 0.15) is 19.3 Å². The number of hydrogen-bond donors (Lipinski definition) is 3. The summed E-state index contributed by atoms with van der Waals surface area (Å²) in [5, 5.41) is 26.1. The maximum atomic E-state index is 11.0. The zero-order valence-electron chi connectivity index (χ0n) is 9.37. The van der Waals surface area contributed by atoms with Gasteiger partial charge in [-0.15, -0.1) is 0 Å². The fraction of sp³-hybridized carbons (Fsp3) is 0.778. The molecule has 0 aliphatic rings. The molecule has 0 rings (SSSR count). The molecule has 3 N–H and O–H groups in total. The van der Waals surface area contributed by atoms with Gasteiger partial charge < -0.3 is 29.5 Å². The van der Waals surface area contributed by atoms with Crippen molar-refractivity contribution >= 4 is 12.1 Å². The largest absolute Gasteiger partial charge is 0.508 e. The van der Waals surface area contributed by atoms with E-state index in [0.717, 1.165) is 0 Å². The molecule has 8 nitrogen and oxygen atoms in total. The quantitative estimate of drug-likeness (QED) is 0.464. The van der Waals surface area contributed by atoms with Crippen LogP contribution in [0.3, 0.4) is 0 Å². The summed E-state index contributed by atoms with van der Waals surface area (Å²) in [5.41, 5.74) is 0. The number of aliphatic hydroxyl groups is 3. The molecule has 0 aliphatic heterocycles. The second-order valence-corrected chi connectivity index (χ2v) is 3.12. The first kappa shape index (κ1) is 15.6. The SMILES string of the molecule is CC(=O)OCC(CO)OC(=O)OCC(O)CO. The van der Waals surface area contributed by atoms with Crippen molar-refractivity contribution in [2.45, 2.75) is 19.1 Å². The number of rotatable bonds is 7. The van der Waals surface area contributed by atoms with Crippen LogP contribution in [0, 0.1) is 0 Å². The minimum absolute atomic E-state index is 0.288. The summed E-state index contributed by atoms with van der Waals surface area (Å²) in [6.07, 6.45) is -3.36. The predicted octanol–water partition coefficient (Wildman–Crippen LogP) is -1.58. The Hall–Kier alpha value is -1.38. The number of aliphatic hydroxyl groups excluding tert-OH is 3. The molecule has 0 fully saturated rings. The zero-order chi connectivity index (χ0) is 13.3. The molecule has 2 unspecified atom stereocenters. The Bertz CT molecular complexity index is 241. The average molecular weight is 252 g/mol. The summed E-state index contributed by atoms with van der Waals surface area (Å²) in [5.74, 6) is -0.573. The van der Waals surface area contributed by atoms with E-state index in [1.54, 1.807) is 0 Å². The molecule has 0 saturated carbocycles. The van der Waals surface area contributed by atoms with E-state index in [-0.39, 0.29) is 6.61 Å². The lowest BCUT2D eigenvalue weighted by atomic mass is 10.4. The molecule has 17 heavy (non-hydrogen) atoms. The first-order chi connectivity index (χ1) is 7.99. The minimum Gasteiger partial charge on any atom is -0.462 e. The number of carbonyl (C=O) groups excluding carboxylic acids is 2. The number of carbonyl (C=O) groups is 2. The smallest absolute Gasteiger partial charge is 0.462 e. The van der Waals surface area contributed by atoms with Gasteiger partial charge in [0.05, 0.1) is 13.2 Å². The van der Waals surface area contributed by atoms with Crippen LogP contribution in [0.5, 0.6) is 0 Å². The standard InChI is InChI=1S/C9H16O8/c1-6(12)15-5-8(3-11)17-9(14)16-4-7(13)2-10/h7-8,10-11,13H,2-5H2,1H3. The molecule has 8 heteroatoms. The first-order valence-corrected chi connectivity index (χ1v) is 4.86. The van der Waals surface area contributed by atoms with Crippen LogP contribution in [-0.2, 0) is 19.0 Å². The molecular formula is C9H16O8. The van der Waals surface area contributed by atoms with Gasteiger partial charge in [0.25, 0.3) is 0 Å². The number of ether oxygens (including phenoxy) is 3. The van der Waals surface area contributed by atoms with Crippen molar-refractivity contribution in [3.8, 4) is 0 Å². The molecule has 0 amide bonds. The Kier molecular flexibility index (Phi) is 8.03. The van der Waals surface area contributed by atoms with Crippen LogP contribution in [0.25, 0.3) is 0 Å². The van der Waals surface area contributed by atoms with E-state index in [1.807, 2.05) is 0 Å². The molecule has 0 radical (unpaired) electrons. The van der Waals surface area contributed by atoms with Gasteiger partial charge in [-0.1, -0.05) is 0 Å². The highest BCUT2D eigenvalue weighted by molar-refractivity contribution is 5.66. The van der Waals surface area contributed by atoms with Gasteiger partial charge in [-0.05, 0) is 0 Å². The molecule has 0 aromatic heterocycles. The highest BCUT2D eigenvalue weighted by atomic mass is 16.7. The van der Waals surface area contributed by atoms with Crippen LogP contribution in [0.1, 0.15) is 6.92 Å². The highest BCUT2D eigenvalue weighted by Crippen LogP contribution is 1.97. The van der Waals surface area contributed by atoms with E-state index in [1.165, 1.54) is 6.92 Å². The minimum atomic E-state index is -1.19. The Labute approximate surface area is 97.7 Å². The van der Waals surface area contributed by atoms with Crippen molar-refractivity contribution in [2.24, 2.45) is 0 Å². The van der Waals surface area contributed by atoms with Crippen LogP contribution in [0.2, 0.25) is 0 Å². The Morgan fingerprint density at radius 1 is 1.12 bits per heavy atom. The molecule has 2 atom stereocenters. The second-order valence-electron chi connectivity index (χ2n) is 3.12. The van der Waals surface area contributed by atoms with Gasteiger partial charge >= 0.3 is 12.1 Å². The van der Waals surface area contributed by atoms with Gasteiger partial charge in [-0.25, -0.2) is 4.79 Å². The molecule has 0 heterocycles. The molecule has 0 bridgehead atoms. The van der Waals surface area contributed by atoms with E-state index in [4.69, 9.17) is 15.3 Å². The molecule has 0 spiro atoms. The molecule has 100 valence electrons. The Morgan fingerprint density at radius 3 is 2.24 bits per heavy atom.